The second-order valence-corrected chi connectivity index (χ2v) is 4.08. The quantitative estimate of drug-likeness (QED) is 0.668. The second-order valence-electron chi connectivity index (χ2n) is 4.08. The van der Waals surface area contributed by atoms with Crippen LogP contribution in [-0.4, -0.2) is 24.7 Å². The van der Waals surface area contributed by atoms with E-state index in [1.807, 2.05) is 13.8 Å². The van der Waals surface area contributed by atoms with Crippen LogP contribution in [0.1, 0.15) is 41.0 Å². The van der Waals surface area contributed by atoms with Gasteiger partial charge in [0, 0.05) is 5.54 Å². The van der Waals surface area contributed by atoms with Gasteiger partial charge < -0.3 is 10.1 Å². The second kappa shape index (κ2) is 6.02. The Balaban J connectivity index is 4.28. The first-order valence-corrected chi connectivity index (χ1v) is 5.37. The van der Waals surface area contributed by atoms with Crippen molar-refractivity contribution in [1.82, 2.24) is 5.32 Å². The lowest BCUT2D eigenvalue weighted by molar-refractivity contribution is -0.145. The molecule has 0 rings (SSSR count). The molecule has 0 saturated carbocycles. The summed E-state index contributed by atoms with van der Waals surface area (Å²) in [5, 5.41) is 3.35. The number of nitrogens with one attached hydrogen (secondary N) is 1. The fourth-order valence-corrected chi connectivity index (χ4v) is 1.39. The molecule has 0 aromatic heterocycles. The van der Waals surface area contributed by atoms with Crippen LogP contribution >= 0.6 is 0 Å². The maximum Gasteiger partial charge on any atom is 0.307 e. The van der Waals surface area contributed by atoms with Crippen molar-refractivity contribution < 1.29 is 9.53 Å². The van der Waals surface area contributed by atoms with E-state index in [0.717, 1.165) is 6.54 Å². The average molecular weight is 201 g/mol. The Kier molecular flexibility index (Phi) is 5.77. The minimum absolute atomic E-state index is 0.121. The molecule has 0 spiro atoms. The smallest absolute Gasteiger partial charge is 0.307 e. The van der Waals surface area contributed by atoms with Gasteiger partial charge in [-0.3, -0.25) is 4.79 Å². The average Bonchev–Trinajstić information content (AvgIpc) is 2.04. The van der Waals surface area contributed by atoms with Crippen molar-refractivity contribution in [2.45, 2.75) is 46.6 Å². The van der Waals surface area contributed by atoms with Crippen LogP contribution in [0.15, 0.2) is 0 Å². The molecule has 0 aliphatic rings. The first-order valence-electron chi connectivity index (χ1n) is 5.37. The van der Waals surface area contributed by atoms with Crippen LogP contribution < -0.4 is 5.32 Å². The third kappa shape index (κ3) is 4.09. The van der Waals surface area contributed by atoms with Gasteiger partial charge in [-0.05, 0) is 26.3 Å². The molecule has 1 unspecified atom stereocenters. The van der Waals surface area contributed by atoms with Gasteiger partial charge in [-0.25, -0.2) is 0 Å². The predicted molar refractivity (Wildman–Crippen MR) is 58.2 cm³/mol. The van der Waals surface area contributed by atoms with Crippen molar-refractivity contribution in [2.75, 3.05) is 13.2 Å². The van der Waals surface area contributed by atoms with Gasteiger partial charge in [0.25, 0.3) is 0 Å². The Morgan fingerprint density at radius 2 is 2.00 bits per heavy atom. The van der Waals surface area contributed by atoms with E-state index in [0.29, 0.717) is 18.9 Å². The van der Waals surface area contributed by atoms with Gasteiger partial charge in [-0.15, -0.1) is 0 Å². The summed E-state index contributed by atoms with van der Waals surface area (Å²) in [6.45, 7) is 11.5. The van der Waals surface area contributed by atoms with Crippen LogP contribution in [0.5, 0.6) is 0 Å². The molecule has 0 saturated heterocycles. The van der Waals surface area contributed by atoms with Gasteiger partial charge in [0.1, 0.15) is 0 Å². The van der Waals surface area contributed by atoms with Gasteiger partial charge >= 0.3 is 5.97 Å². The predicted octanol–water partition coefficient (Wildman–Crippen LogP) is 1.96. The van der Waals surface area contributed by atoms with E-state index in [1.165, 1.54) is 0 Å². The Morgan fingerprint density at radius 1 is 1.43 bits per heavy atom. The number of carbonyl (C=O) groups excluding carboxylic acids is 1. The van der Waals surface area contributed by atoms with E-state index in [9.17, 15) is 4.79 Å². The summed E-state index contributed by atoms with van der Waals surface area (Å²) in [4.78, 5) is 11.4. The summed E-state index contributed by atoms with van der Waals surface area (Å²) < 4.78 is 4.96. The van der Waals surface area contributed by atoms with Crippen molar-refractivity contribution >= 4 is 5.97 Å². The van der Waals surface area contributed by atoms with E-state index < -0.39 is 0 Å². The molecule has 0 amide bonds. The largest absolute Gasteiger partial charge is 0.466 e. The van der Waals surface area contributed by atoms with E-state index in [4.69, 9.17) is 4.74 Å². The zero-order chi connectivity index (χ0) is 11.2. The van der Waals surface area contributed by atoms with E-state index in [2.05, 4.69) is 26.1 Å². The highest BCUT2D eigenvalue weighted by molar-refractivity contribution is 5.70. The van der Waals surface area contributed by atoms with Crippen molar-refractivity contribution in [1.29, 1.82) is 0 Å². The Bertz CT molecular complexity index is 180. The molecular weight excluding hydrogens is 178 g/mol. The highest BCUT2D eigenvalue weighted by atomic mass is 16.5. The molecule has 0 aromatic rings. The third-order valence-electron chi connectivity index (χ3n) is 2.67. The fraction of sp³-hybridized carbons (Fsp3) is 0.909. The molecular formula is C11H23NO2. The van der Waals surface area contributed by atoms with Gasteiger partial charge in [0.2, 0.25) is 0 Å². The lowest BCUT2D eigenvalue weighted by Gasteiger charge is -2.33. The SMILES string of the molecule is CCNC(C)(CC(=O)OCC)C(C)C. The first-order chi connectivity index (χ1) is 6.46. The topological polar surface area (TPSA) is 38.3 Å². The van der Waals surface area contributed by atoms with Crippen LogP contribution in [0.25, 0.3) is 0 Å². The van der Waals surface area contributed by atoms with Crippen LogP contribution in [0.3, 0.4) is 0 Å². The maximum atomic E-state index is 11.4. The summed E-state index contributed by atoms with van der Waals surface area (Å²) in [6.07, 6.45) is 0.437. The van der Waals surface area contributed by atoms with Crippen molar-refractivity contribution in [3.05, 3.63) is 0 Å². The summed E-state index contributed by atoms with van der Waals surface area (Å²) in [5.74, 6) is 0.288. The number of hydrogen-bond acceptors (Lipinski definition) is 3. The van der Waals surface area contributed by atoms with Crippen LogP contribution in [0.4, 0.5) is 0 Å². The molecule has 0 aromatic carbocycles. The number of carbonyl (C=O) groups is 1. The third-order valence-corrected chi connectivity index (χ3v) is 2.67. The molecule has 0 aliphatic heterocycles. The lowest BCUT2D eigenvalue weighted by Crippen LogP contribution is -2.48. The molecule has 0 radical (unpaired) electrons. The van der Waals surface area contributed by atoms with Gasteiger partial charge in [-0.2, -0.15) is 0 Å². The summed E-state index contributed by atoms with van der Waals surface area (Å²) in [5.41, 5.74) is -0.152. The molecule has 0 bridgehead atoms. The number of ether oxygens (including phenoxy) is 1. The van der Waals surface area contributed by atoms with Crippen LogP contribution in [0.2, 0.25) is 0 Å². The standard InChI is InChI=1S/C11H23NO2/c1-6-12-11(5,9(3)4)8-10(13)14-7-2/h9,12H,6-8H2,1-5H3. The molecule has 0 heterocycles. The van der Waals surface area contributed by atoms with Gasteiger partial charge in [-0.1, -0.05) is 20.8 Å². The number of hydrogen-bond donors (Lipinski definition) is 1. The monoisotopic (exact) mass is 201 g/mol. The van der Waals surface area contributed by atoms with E-state index in [-0.39, 0.29) is 11.5 Å². The van der Waals surface area contributed by atoms with Gasteiger partial charge in [0.15, 0.2) is 0 Å². The number of esters is 1. The molecule has 3 nitrogen and oxygen atoms in total. The Morgan fingerprint density at radius 3 is 2.36 bits per heavy atom. The van der Waals surface area contributed by atoms with E-state index in [1.54, 1.807) is 0 Å². The van der Waals surface area contributed by atoms with Crippen molar-refractivity contribution in [3.8, 4) is 0 Å². The maximum absolute atomic E-state index is 11.4. The summed E-state index contributed by atoms with van der Waals surface area (Å²) in [7, 11) is 0. The van der Waals surface area contributed by atoms with Gasteiger partial charge in [0.05, 0.1) is 13.0 Å². The molecule has 0 fully saturated rings. The van der Waals surface area contributed by atoms with Crippen LogP contribution in [0, 0.1) is 5.92 Å². The summed E-state index contributed by atoms with van der Waals surface area (Å²) in [6, 6.07) is 0. The highest BCUT2D eigenvalue weighted by Gasteiger charge is 2.30. The number of rotatable bonds is 6. The zero-order valence-electron chi connectivity index (χ0n) is 10.0. The molecule has 3 heteroatoms. The summed E-state index contributed by atoms with van der Waals surface area (Å²) >= 11 is 0. The van der Waals surface area contributed by atoms with Crippen molar-refractivity contribution in [2.24, 2.45) is 5.92 Å². The lowest BCUT2D eigenvalue weighted by atomic mass is 9.85. The highest BCUT2D eigenvalue weighted by Crippen LogP contribution is 2.21. The molecule has 14 heavy (non-hydrogen) atoms. The Hall–Kier alpha value is -0.570. The first kappa shape index (κ1) is 13.4. The van der Waals surface area contributed by atoms with Crippen molar-refractivity contribution in [3.63, 3.8) is 0 Å². The Labute approximate surface area is 87.2 Å². The van der Waals surface area contributed by atoms with E-state index >= 15 is 0 Å². The fourth-order valence-electron chi connectivity index (χ4n) is 1.39. The minimum atomic E-state index is -0.152. The molecule has 84 valence electrons. The van der Waals surface area contributed by atoms with Crippen LogP contribution in [-0.2, 0) is 9.53 Å². The molecule has 1 N–H and O–H groups in total. The molecule has 1 atom stereocenters. The normalized spacial score (nSPS) is 15.3. The molecule has 0 aliphatic carbocycles. The minimum Gasteiger partial charge on any atom is -0.466 e. The zero-order valence-corrected chi connectivity index (χ0v) is 10.0.